The topological polar surface area (TPSA) is 26.3 Å². The Kier molecular flexibility index (Phi) is 5.21. The first-order chi connectivity index (χ1) is 5.52. The first-order valence-corrected chi connectivity index (χ1v) is 7.64. The molecule has 0 atom stereocenters. The number of unbranched alkanes of at least 4 members (excludes halogenated alkanes) is 1. The fraction of sp³-hybridized carbons (Fsp3) is 0.778. The van der Waals surface area contributed by atoms with E-state index in [1.165, 1.54) is 6.42 Å². The Bertz CT molecular complexity index is 143. The first kappa shape index (κ1) is 11.7. The minimum Gasteiger partial charge on any atom is -0.520 e. The van der Waals surface area contributed by atoms with Gasteiger partial charge in [0.2, 0.25) is 8.32 Å². The molecule has 3 heteroatoms. The molecule has 0 fully saturated rings. The highest BCUT2D eigenvalue weighted by Crippen LogP contribution is 2.15. The van der Waals surface area contributed by atoms with Gasteiger partial charge in [-0.15, -0.1) is 0 Å². The molecular weight excluding hydrogens is 168 g/mol. The molecule has 0 spiro atoms. The van der Waals surface area contributed by atoms with E-state index >= 15 is 0 Å². The molecule has 0 aliphatic heterocycles. The van der Waals surface area contributed by atoms with E-state index in [1.807, 2.05) is 0 Å². The van der Waals surface area contributed by atoms with Crippen molar-refractivity contribution in [3.8, 4) is 0 Å². The third kappa shape index (κ3) is 5.35. The Morgan fingerprint density at radius 3 is 2.50 bits per heavy atom. The lowest BCUT2D eigenvalue weighted by atomic mass is 10.4. The van der Waals surface area contributed by atoms with Gasteiger partial charge in [-0.2, -0.15) is 0 Å². The minimum absolute atomic E-state index is 0.150. The smallest absolute Gasteiger partial charge is 0.292 e. The van der Waals surface area contributed by atoms with Gasteiger partial charge in [0.1, 0.15) is 0 Å². The standard InChI is InChI=1S/C9H19O2Si/c1-5-7-8-12(3,4)11-9(10)6-2/h2,5-8H2,1,3-4H3. The maximum atomic E-state index is 10.9. The lowest BCUT2D eigenvalue weighted by molar-refractivity contribution is -0.134. The second-order valence-electron chi connectivity index (χ2n) is 3.59. The summed E-state index contributed by atoms with van der Waals surface area (Å²) in [5, 5.41) is 0. The molecule has 1 radical (unpaired) electrons. The maximum Gasteiger partial charge on any atom is 0.292 e. The van der Waals surface area contributed by atoms with Gasteiger partial charge in [0.15, 0.2) is 0 Å². The summed E-state index contributed by atoms with van der Waals surface area (Å²) < 4.78 is 5.33. The van der Waals surface area contributed by atoms with Crippen LogP contribution in [-0.4, -0.2) is 14.3 Å². The molecule has 0 rings (SSSR count). The molecule has 0 saturated heterocycles. The zero-order valence-electron chi connectivity index (χ0n) is 8.35. The van der Waals surface area contributed by atoms with Gasteiger partial charge in [-0.3, -0.25) is 4.79 Å². The van der Waals surface area contributed by atoms with Crippen LogP contribution in [0, 0.1) is 6.92 Å². The Labute approximate surface area is 76.4 Å². The Hall–Kier alpha value is -0.313. The fourth-order valence-electron chi connectivity index (χ4n) is 1.01. The predicted molar refractivity (Wildman–Crippen MR) is 53.3 cm³/mol. The SMILES string of the molecule is [CH2]CC(=O)O[Si](C)(C)CCCC. The van der Waals surface area contributed by atoms with Crippen molar-refractivity contribution in [1.29, 1.82) is 0 Å². The molecule has 0 saturated carbocycles. The van der Waals surface area contributed by atoms with Gasteiger partial charge in [0.25, 0.3) is 5.97 Å². The monoisotopic (exact) mass is 187 g/mol. The first-order valence-electron chi connectivity index (χ1n) is 4.53. The number of hydrogen-bond acceptors (Lipinski definition) is 2. The molecule has 0 aliphatic rings. The van der Waals surface area contributed by atoms with Crippen molar-refractivity contribution in [3.63, 3.8) is 0 Å². The molecular formula is C9H19O2Si. The van der Waals surface area contributed by atoms with E-state index in [9.17, 15) is 4.79 Å². The van der Waals surface area contributed by atoms with Crippen molar-refractivity contribution < 1.29 is 9.22 Å². The predicted octanol–water partition coefficient (Wildman–Crippen LogP) is 2.76. The molecule has 0 heterocycles. The molecule has 0 aromatic rings. The zero-order chi connectivity index (χ0) is 9.61. The van der Waals surface area contributed by atoms with E-state index in [-0.39, 0.29) is 12.4 Å². The lowest BCUT2D eigenvalue weighted by Crippen LogP contribution is -2.32. The third-order valence-electron chi connectivity index (χ3n) is 1.73. The van der Waals surface area contributed by atoms with E-state index in [2.05, 4.69) is 26.9 Å². The van der Waals surface area contributed by atoms with E-state index in [4.69, 9.17) is 4.43 Å². The largest absolute Gasteiger partial charge is 0.520 e. The highest BCUT2D eigenvalue weighted by atomic mass is 28.4. The van der Waals surface area contributed by atoms with Gasteiger partial charge in [-0.1, -0.05) is 19.8 Å². The maximum absolute atomic E-state index is 10.9. The molecule has 0 aliphatic carbocycles. The summed E-state index contributed by atoms with van der Waals surface area (Å²) in [4.78, 5) is 10.9. The van der Waals surface area contributed by atoms with Gasteiger partial charge < -0.3 is 4.43 Å². The minimum atomic E-state index is -1.70. The normalized spacial score (nSPS) is 11.3. The van der Waals surface area contributed by atoms with Crippen LogP contribution in [0.4, 0.5) is 0 Å². The average Bonchev–Trinajstić information content (AvgIpc) is 2.00. The summed E-state index contributed by atoms with van der Waals surface area (Å²) in [6.45, 7) is 9.80. The van der Waals surface area contributed by atoms with E-state index < -0.39 is 8.32 Å². The van der Waals surface area contributed by atoms with Crippen LogP contribution in [0.3, 0.4) is 0 Å². The van der Waals surface area contributed by atoms with Gasteiger partial charge in [0.05, 0.1) is 0 Å². The molecule has 0 unspecified atom stereocenters. The van der Waals surface area contributed by atoms with Crippen molar-refractivity contribution in [2.24, 2.45) is 0 Å². The van der Waals surface area contributed by atoms with Crippen LogP contribution in [0.2, 0.25) is 19.1 Å². The molecule has 2 nitrogen and oxygen atoms in total. The summed E-state index contributed by atoms with van der Waals surface area (Å²) in [6, 6.07) is 1.06. The van der Waals surface area contributed by atoms with Crippen molar-refractivity contribution in [3.05, 3.63) is 6.92 Å². The molecule has 12 heavy (non-hydrogen) atoms. The summed E-state index contributed by atoms with van der Waals surface area (Å²) in [5.41, 5.74) is 0. The molecule has 0 aromatic heterocycles. The van der Waals surface area contributed by atoms with Crippen molar-refractivity contribution in [2.75, 3.05) is 0 Å². The molecule has 0 amide bonds. The van der Waals surface area contributed by atoms with Crippen LogP contribution in [0.5, 0.6) is 0 Å². The van der Waals surface area contributed by atoms with E-state index in [0.717, 1.165) is 12.5 Å². The summed E-state index contributed by atoms with van der Waals surface area (Å²) in [5.74, 6) is -0.150. The average molecular weight is 187 g/mol. The quantitative estimate of drug-likeness (QED) is 0.619. The summed E-state index contributed by atoms with van der Waals surface area (Å²) >= 11 is 0. The molecule has 71 valence electrons. The summed E-state index contributed by atoms with van der Waals surface area (Å²) in [7, 11) is -1.70. The van der Waals surface area contributed by atoms with E-state index in [1.54, 1.807) is 0 Å². The highest BCUT2D eigenvalue weighted by molar-refractivity contribution is 6.72. The van der Waals surface area contributed by atoms with Crippen LogP contribution >= 0.6 is 0 Å². The number of hydrogen-bond donors (Lipinski definition) is 0. The Morgan fingerprint density at radius 1 is 1.50 bits per heavy atom. The summed E-state index contributed by atoms with van der Waals surface area (Å²) in [6.07, 6.45) is 2.57. The Balaban J connectivity index is 3.77. The van der Waals surface area contributed by atoms with Gasteiger partial charge >= 0.3 is 0 Å². The third-order valence-corrected chi connectivity index (χ3v) is 4.06. The highest BCUT2D eigenvalue weighted by Gasteiger charge is 2.25. The van der Waals surface area contributed by atoms with Crippen LogP contribution < -0.4 is 0 Å². The second kappa shape index (κ2) is 5.35. The van der Waals surface area contributed by atoms with Crippen LogP contribution in [0.25, 0.3) is 0 Å². The van der Waals surface area contributed by atoms with Crippen molar-refractivity contribution in [1.82, 2.24) is 0 Å². The number of carbonyl (C=O) groups excluding carboxylic acids is 1. The van der Waals surface area contributed by atoms with Gasteiger partial charge in [-0.05, 0) is 26.1 Å². The van der Waals surface area contributed by atoms with Gasteiger partial charge in [-0.25, -0.2) is 0 Å². The van der Waals surface area contributed by atoms with Crippen LogP contribution in [-0.2, 0) is 9.22 Å². The van der Waals surface area contributed by atoms with Crippen molar-refractivity contribution in [2.45, 2.75) is 45.3 Å². The van der Waals surface area contributed by atoms with Crippen LogP contribution in [0.1, 0.15) is 26.2 Å². The lowest BCUT2D eigenvalue weighted by Gasteiger charge is -2.21. The molecule has 0 aromatic carbocycles. The Morgan fingerprint density at radius 2 is 2.08 bits per heavy atom. The number of rotatable bonds is 5. The molecule has 0 N–H and O–H groups in total. The number of carbonyl (C=O) groups is 1. The van der Waals surface area contributed by atoms with E-state index in [0.29, 0.717) is 0 Å². The fourth-order valence-corrected chi connectivity index (χ4v) is 3.04. The second-order valence-corrected chi connectivity index (χ2v) is 7.81. The van der Waals surface area contributed by atoms with Crippen LogP contribution in [0.15, 0.2) is 0 Å². The van der Waals surface area contributed by atoms with Gasteiger partial charge in [0, 0.05) is 6.42 Å². The van der Waals surface area contributed by atoms with Crippen molar-refractivity contribution >= 4 is 14.3 Å². The zero-order valence-corrected chi connectivity index (χ0v) is 9.35. The molecule has 0 bridgehead atoms.